The molecule has 2 rings (SSSR count). The van der Waals surface area contributed by atoms with Crippen LogP contribution in [0, 0.1) is 11.8 Å². The van der Waals surface area contributed by atoms with Crippen molar-refractivity contribution in [2.75, 3.05) is 39.3 Å². The minimum absolute atomic E-state index is 0.318. The second-order valence-electron chi connectivity index (χ2n) is 6.66. The first kappa shape index (κ1) is 15.8. The van der Waals surface area contributed by atoms with Crippen LogP contribution in [-0.2, 0) is 4.79 Å². The van der Waals surface area contributed by atoms with E-state index in [4.69, 9.17) is 5.73 Å². The molecule has 4 heteroatoms. The first-order valence-corrected chi connectivity index (χ1v) is 8.42. The minimum atomic E-state index is 0.318. The van der Waals surface area contributed by atoms with Gasteiger partial charge in [0, 0.05) is 32.1 Å². The Morgan fingerprint density at radius 3 is 2.55 bits per heavy atom. The molecule has 1 heterocycles. The van der Waals surface area contributed by atoms with Gasteiger partial charge in [-0.1, -0.05) is 26.2 Å². The summed E-state index contributed by atoms with van der Waals surface area (Å²) >= 11 is 0. The van der Waals surface area contributed by atoms with E-state index in [0.717, 1.165) is 58.5 Å². The smallest absolute Gasteiger partial charge is 0.225 e. The Morgan fingerprint density at radius 2 is 1.85 bits per heavy atom. The van der Waals surface area contributed by atoms with E-state index in [0.29, 0.717) is 17.7 Å². The SMILES string of the molecule is CC(CN)CN1CCCN(C(=O)C2CCCCC2)CC1. The van der Waals surface area contributed by atoms with E-state index in [-0.39, 0.29) is 0 Å². The molecule has 2 fully saturated rings. The molecule has 0 radical (unpaired) electrons. The highest BCUT2D eigenvalue weighted by atomic mass is 16.2. The molecule has 2 aliphatic rings. The van der Waals surface area contributed by atoms with Crippen molar-refractivity contribution in [2.24, 2.45) is 17.6 Å². The number of hydrogen-bond donors (Lipinski definition) is 1. The van der Waals surface area contributed by atoms with Crippen molar-refractivity contribution in [1.82, 2.24) is 9.80 Å². The van der Waals surface area contributed by atoms with Gasteiger partial charge in [-0.15, -0.1) is 0 Å². The number of carbonyl (C=O) groups excluding carboxylic acids is 1. The molecule has 0 aromatic carbocycles. The topological polar surface area (TPSA) is 49.6 Å². The molecule has 1 aliphatic carbocycles. The van der Waals surface area contributed by atoms with Gasteiger partial charge in [-0.05, 0) is 38.3 Å². The summed E-state index contributed by atoms with van der Waals surface area (Å²) in [7, 11) is 0. The molecule has 1 unspecified atom stereocenters. The van der Waals surface area contributed by atoms with Gasteiger partial charge in [0.1, 0.15) is 0 Å². The summed E-state index contributed by atoms with van der Waals surface area (Å²) in [6.07, 6.45) is 7.13. The number of rotatable bonds is 4. The van der Waals surface area contributed by atoms with Gasteiger partial charge < -0.3 is 15.5 Å². The molecular formula is C16H31N3O. The van der Waals surface area contributed by atoms with Crippen LogP contribution in [0.2, 0.25) is 0 Å². The maximum atomic E-state index is 12.6. The third-order valence-electron chi connectivity index (χ3n) is 4.83. The molecule has 0 aromatic rings. The summed E-state index contributed by atoms with van der Waals surface area (Å²) < 4.78 is 0. The Morgan fingerprint density at radius 1 is 1.10 bits per heavy atom. The lowest BCUT2D eigenvalue weighted by Crippen LogP contribution is -2.40. The van der Waals surface area contributed by atoms with Gasteiger partial charge in [0.05, 0.1) is 0 Å². The van der Waals surface area contributed by atoms with Crippen molar-refractivity contribution in [3.05, 3.63) is 0 Å². The number of carbonyl (C=O) groups is 1. The maximum Gasteiger partial charge on any atom is 0.225 e. The molecule has 2 N–H and O–H groups in total. The van der Waals surface area contributed by atoms with Crippen molar-refractivity contribution in [1.29, 1.82) is 0 Å². The fourth-order valence-electron chi connectivity index (χ4n) is 3.50. The van der Waals surface area contributed by atoms with Gasteiger partial charge in [-0.2, -0.15) is 0 Å². The second-order valence-corrected chi connectivity index (χ2v) is 6.66. The highest BCUT2D eigenvalue weighted by Gasteiger charge is 2.27. The predicted molar refractivity (Wildman–Crippen MR) is 82.4 cm³/mol. The van der Waals surface area contributed by atoms with Crippen molar-refractivity contribution < 1.29 is 4.79 Å². The number of nitrogens with two attached hydrogens (primary N) is 1. The standard InChI is InChI=1S/C16H31N3O/c1-14(12-17)13-18-8-5-9-19(11-10-18)16(20)15-6-3-2-4-7-15/h14-15H,2-13,17H2,1H3. The van der Waals surface area contributed by atoms with Crippen molar-refractivity contribution in [2.45, 2.75) is 45.4 Å². The molecule has 1 amide bonds. The van der Waals surface area contributed by atoms with E-state index in [1.807, 2.05) is 0 Å². The fraction of sp³-hybridized carbons (Fsp3) is 0.938. The van der Waals surface area contributed by atoms with Crippen LogP contribution in [0.5, 0.6) is 0 Å². The van der Waals surface area contributed by atoms with Crippen LogP contribution >= 0.6 is 0 Å². The maximum absolute atomic E-state index is 12.6. The molecule has 1 saturated carbocycles. The third-order valence-corrected chi connectivity index (χ3v) is 4.83. The molecule has 20 heavy (non-hydrogen) atoms. The fourth-order valence-corrected chi connectivity index (χ4v) is 3.50. The summed E-state index contributed by atoms with van der Waals surface area (Å²) in [5.74, 6) is 1.30. The molecule has 1 atom stereocenters. The van der Waals surface area contributed by atoms with Crippen LogP contribution < -0.4 is 5.73 Å². The van der Waals surface area contributed by atoms with Crippen LogP contribution in [-0.4, -0.2) is 55.0 Å². The van der Waals surface area contributed by atoms with Gasteiger partial charge in [0.15, 0.2) is 0 Å². The van der Waals surface area contributed by atoms with E-state index in [1.165, 1.54) is 19.3 Å². The Bertz CT molecular complexity index is 302. The molecular weight excluding hydrogens is 250 g/mol. The van der Waals surface area contributed by atoms with Gasteiger partial charge in [-0.25, -0.2) is 0 Å². The number of hydrogen-bond acceptors (Lipinski definition) is 3. The molecule has 1 saturated heterocycles. The molecule has 1 aliphatic heterocycles. The van der Waals surface area contributed by atoms with Crippen LogP contribution in [0.3, 0.4) is 0 Å². The third kappa shape index (κ3) is 4.45. The lowest BCUT2D eigenvalue weighted by Gasteiger charge is -2.28. The monoisotopic (exact) mass is 281 g/mol. The summed E-state index contributed by atoms with van der Waals surface area (Å²) in [4.78, 5) is 17.2. The van der Waals surface area contributed by atoms with Crippen LogP contribution in [0.1, 0.15) is 45.4 Å². The first-order chi connectivity index (χ1) is 9.70. The van der Waals surface area contributed by atoms with Gasteiger partial charge in [0.2, 0.25) is 5.91 Å². The van der Waals surface area contributed by atoms with Crippen LogP contribution in [0.25, 0.3) is 0 Å². The molecule has 0 bridgehead atoms. The Kier molecular flexibility index (Phi) is 6.30. The zero-order valence-corrected chi connectivity index (χ0v) is 13.0. The van der Waals surface area contributed by atoms with Gasteiger partial charge in [-0.3, -0.25) is 4.79 Å². The van der Waals surface area contributed by atoms with Crippen LogP contribution in [0.4, 0.5) is 0 Å². The van der Waals surface area contributed by atoms with Crippen molar-refractivity contribution in [3.63, 3.8) is 0 Å². The largest absolute Gasteiger partial charge is 0.341 e. The average molecular weight is 281 g/mol. The van der Waals surface area contributed by atoms with E-state index in [9.17, 15) is 4.79 Å². The molecule has 0 aromatic heterocycles. The van der Waals surface area contributed by atoms with E-state index in [1.54, 1.807) is 0 Å². The molecule has 0 spiro atoms. The van der Waals surface area contributed by atoms with Crippen molar-refractivity contribution >= 4 is 5.91 Å². The highest BCUT2D eigenvalue weighted by molar-refractivity contribution is 5.79. The second kappa shape index (κ2) is 7.99. The van der Waals surface area contributed by atoms with Gasteiger partial charge >= 0.3 is 0 Å². The Labute approximate surface area is 123 Å². The first-order valence-electron chi connectivity index (χ1n) is 8.42. The summed E-state index contributed by atoms with van der Waals surface area (Å²) in [5, 5.41) is 0. The predicted octanol–water partition coefficient (Wildman–Crippen LogP) is 1.70. The van der Waals surface area contributed by atoms with Crippen LogP contribution in [0.15, 0.2) is 0 Å². The quantitative estimate of drug-likeness (QED) is 0.853. The summed E-state index contributed by atoms with van der Waals surface area (Å²) in [5.41, 5.74) is 5.71. The Hall–Kier alpha value is -0.610. The molecule has 116 valence electrons. The highest BCUT2D eigenvalue weighted by Crippen LogP contribution is 2.25. The normalized spacial score (nSPS) is 24.4. The zero-order valence-electron chi connectivity index (χ0n) is 13.0. The lowest BCUT2D eigenvalue weighted by atomic mass is 9.88. The van der Waals surface area contributed by atoms with Crippen molar-refractivity contribution in [3.8, 4) is 0 Å². The zero-order chi connectivity index (χ0) is 14.4. The average Bonchev–Trinajstić information content (AvgIpc) is 2.73. The van der Waals surface area contributed by atoms with E-state index >= 15 is 0 Å². The molecule has 4 nitrogen and oxygen atoms in total. The summed E-state index contributed by atoms with van der Waals surface area (Å²) in [6, 6.07) is 0. The number of nitrogens with zero attached hydrogens (tertiary/aromatic N) is 2. The summed E-state index contributed by atoms with van der Waals surface area (Å²) in [6.45, 7) is 8.01. The Balaban J connectivity index is 1.80. The van der Waals surface area contributed by atoms with E-state index in [2.05, 4.69) is 16.7 Å². The lowest BCUT2D eigenvalue weighted by molar-refractivity contribution is -0.136. The van der Waals surface area contributed by atoms with E-state index < -0.39 is 0 Å². The van der Waals surface area contributed by atoms with Gasteiger partial charge in [0.25, 0.3) is 0 Å². The number of amides is 1. The minimum Gasteiger partial charge on any atom is -0.341 e.